The molecule has 0 amide bonds. The number of nitrogens with one attached hydrogen (secondary N) is 1. The van der Waals surface area contributed by atoms with E-state index in [9.17, 15) is 21.6 Å². The number of nitrogens with zero attached hydrogens (tertiary/aromatic N) is 2. The highest BCUT2D eigenvalue weighted by Crippen LogP contribution is 2.33. The number of likely N-dealkylation sites (N-methyl/N-ethyl adjacent to an activating group) is 2. The third-order valence-corrected chi connectivity index (χ3v) is 4.65. The Labute approximate surface area is 133 Å². The van der Waals surface area contributed by atoms with Gasteiger partial charge in [-0.15, -0.1) is 12.4 Å². The van der Waals surface area contributed by atoms with Crippen molar-refractivity contribution in [3.05, 3.63) is 29.3 Å². The molecule has 0 aliphatic heterocycles. The summed E-state index contributed by atoms with van der Waals surface area (Å²) in [5.74, 6) is 0. The van der Waals surface area contributed by atoms with Gasteiger partial charge in [0, 0.05) is 20.1 Å². The van der Waals surface area contributed by atoms with E-state index < -0.39 is 27.3 Å². The van der Waals surface area contributed by atoms with Gasteiger partial charge in [-0.1, -0.05) is 0 Å². The number of nitriles is 1. The van der Waals surface area contributed by atoms with Gasteiger partial charge in [-0.25, -0.2) is 8.42 Å². The summed E-state index contributed by atoms with van der Waals surface area (Å²) >= 11 is 0. The maximum atomic E-state index is 12.7. The second-order valence-electron chi connectivity index (χ2n) is 4.25. The molecule has 0 saturated heterocycles. The Balaban J connectivity index is 0.00000441. The molecular formula is C12H15ClF3N3O2S. The highest BCUT2D eigenvalue weighted by molar-refractivity contribution is 7.89. The second kappa shape index (κ2) is 7.78. The zero-order chi connectivity index (χ0) is 16.3. The normalized spacial score (nSPS) is 11.9. The molecule has 1 aromatic carbocycles. The van der Waals surface area contributed by atoms with Crippen LogP contribution in [0.3, 0.4) is 0 Å². The third-order valence-electron chi connectivity index (χ3n) is 2.80. The average Bonchev–Trinajstić information content (AvgIpc) is 2.42. The van der Waals surface area contributed by atoms with Crippen molar-refractivity contribution in [1.82, 2.24) is 9.62 Å². The molecule has 0 radical (unpaired) electrons. The smallest absolute Gasteiger partial charge is 0.318 e. The first kappa shape index (κ1) is 20.7. The van der Waals surface area contributed by atoms with Crippen LogP contribution in [0.25, 0.3) is 0 Å². The van der Waals surface area contributed by atoms with E-state index in [1.807, 2.05) is 0 Å². The standard InChI is InChI=1S/C12H14F3N3O2S.ClH/c1-17-5-6-18(2)21(19,20)10-3-4-11(12(13,14)15)9(7-10)8-16;/h3-4,7,17H,5-6H2,1-2H3;1H. The number of halogens is 4. The second-order valence-corrected chi connectivity index (χ2v) is 6.29. The quantitative estimate of drug-likeness (QED) is 0.872. The van der Waals surface area contributed by atoms with Gasteiger partial charge in [0.1, 0.15) is 0 Å². The minimum absolute atomic E-state index is 0. The molecule has 5 nitrogen and oxygen atoms in total. The highest BCUT2D eigenvalue weighted by Gasteiger charge is 2.34. The average molecular weight is 358 g/mol. The largest absolute Gasteiger partial charge is 0.417 e. The van der Waals surface area contributed by atoms with E-state index in [2.05, 4.69) is 5.32 Å². The zero-order valence-electron chi connectivity index (χ0n) is 11.8. The molecule has 22 heavy (non-hydrogen) atoms. The van der Waals surface area contributed by atoms with Crippen LogP contribution < -0.4 is 5.32 Å². The predicted octanol–water partition coefficient (Wildman–Crippen LogP) is 1.84. The lowest BCUT2D eigenvalue weighted by Gasteiger charge is -2.18. The lowest BCUT2D eigenvalue weighted by Crippen LogP contribution is -2.33. The topological polar surface area (TPSA) is 73.2 Å². The first-order chi connectivity index (χ1) is 9.64. The van der Waals surface area contributed by atoms with Gasteiger partial charge < -0.3 is 5.32 Å². The molecule has 0 aliphatic rings. The molecule has 1 rings (SSSR count). The number of benzene rings is 1. The fraction of sp³-hybridized carbons (Fsp3) is 0.417. The van der Waals surface area contributed by atoms with Crippen molar-refractivity contribution < 1.29 is 21.6 Å². The van der Waals surface area contributed by atoms with Crippen LogP contribution in [0.4, 0.5) is 13.2 Å². The Morgan fingerprint density at radius 2 is 1.95 bits per heavy atom. The summed E-state index contributed by atoms with van der Waals surface area (Å²) < 4.78 is 63.4. The predicted molar refractivity (Wildman–Crippen MR) is 77.1 cm³/mol. The molecule has 0 heterocycles. The van der Waals surface area contributed by atoms with Gasteiger partial charge >= 0.3 is 6.18 Å². The van der Waals surface area contributed by atoms with Crippen LogP contribution in [0.1, 0.15) is 11.1 Å². The maximum Gasteiger partial charge on any atom is 0.417 e. The number of sulfonamides is 1. The van der Waals surface area contributed by atoms with Crippen molar-refractivity contribution in [3.8, 4) is 6.07 Å². The van der Waals surface area contributed by atoms with Crippen LogP contribution in [0.15, 0.2) is 23.1 Å². The van der Waals surface area contributed by atoms with Crippen molar-refractivity contribution in [1.29, 1.82) is 5.26 Å². The lowest BCUT2D eigenvalue weighted by atomic mass is 10.1. The summed E-state index contributed by atoms with van der Waals surface area (Å²) in [6, 6.07) is 3.59. The molecule has 0 saturated carbocycles. The van der Waals surface area contributed by atoms with E-state index in [4.69, 9.17) is 5.26 Å². The zero-order valence-corrected chi connectivity index (χ0v) is 13.4. The Bertz CT molecular complexity index is 657. The molecule has 124 valence electrons. The summed E-state index contributed by atoms with van der Waals surface area (Å²) in [7, 11) is -0.970. The van der Waals surface area contributed by atoms with E-state index in [1.165, 1.54) is 13.1 Å². The van der Waals surface area contributed by atoms with Crippen LogP contribution in [-0.2, 0) is 16.2 Å². The Morgan fingerprint density at radius 3 is 2.41 bits per heavy atom. The molecule has 0 aliphatic carbocycles. The van der Waals surface area contributed by atoms with Gasteiger partial charge in [-0.3, -0.25) is 0 Å². The number of rotatable bonds is 5. The summed E-state index contributed by atoms with van der Waals surface area (Å²) in [5, 5.41) is 11.6. The van der Waals surface area contributed by atoms with Gasteiger partial charge in [0.05, 0.1) is 22.1 Å². The van der Waals surface area contributed by atoms with Crippen LogP contribution in [0.5, 0.6) is 0 Å². The Kier molecular flexibility index (Phi) is 7.31. The molecule has 0 fully saturated rings. The fourth-order valence-corrected chi connectivity index (χ4v) is 2.79. The van der Waals surface area contributed by atoms with E-state index in [0.29, 0.717) is 12.6 Å². The van der Waals surface area contributed by atoms with E-state index >= 15 is 0 Å². The van der Waals surface area contributed by atoms with Gasteiger partial charge in [-0.2, -0.15) is 22.7 Å². The van der Waals surface area contributed by atoms with Crippen molar-refractivity contribution in [3.63, 3.8) is 0 Å². The van der Waals surface area contributed by atoms with Crippen molar-refractivity contribution >= 4 is 22.4 Å². The van der Waals surface area contributed by atoms with Crippen molar-refractivity contribution in [2.24, 2.45) is 0 Å². The first-order valence-electron chi connectivity index (χ1n) is 5.87. The van der Waals surface area contributed by atoms with Gasteiger partial charge in [0.25, 0.3) is 0 Å². The molecule has 0 spiro atoms. The summed E-state index contributed by atoms with van der Waals surface area (Å²) in [4.78, 5) is -0.342. The van der Waals surface area contributed by atoms with Gasteiger partial charge in [0.2, 0.25) is 10.0 Å². The summed E-state index contributed by atoms with van der Waals surface area (Å²) in [6.45, 7) is 0.545. The minimum atomic E-state index is -4.70. The molecule has 0 unspecified atom stereocenters. The van der Waals surface area contributed by atoms with Gasteiger partial charge in [0.15, 0.2) is 0 Å². The summed E-state index contributed by atoms with van der Waals surface area (Å²) in [5.41, 5.74) is -1.87. The van der Waals surface area contributed by atoms with Crippen LogP contribution in [0, 0.1) is 11.3 Å². The maximum absolute atomic E-state index is 12.7. The molecular weight excluding hydrogens is 343 g/mol. The summed E-state index contributed by atoms with van der Waals surface area (Å²) in [6.07, 6.45) is -4.70. The number of alkyl halides is 3. The molecule has 0 atom stereocenters. The minimum Gasteiger partial charge on any atom is -0.318 e. The van der Waals surface area contributed by atoms with Crippen LogP contribution in [0.2, 0.25) is 0 Å². The molecule has 1 aromatic rings. The molecule has 0 bridgehead atoms. The van der Waals surface area contributed by atoms with E-state index in [-0.39, 0.29) is 23.8 Å². The fourth-order valence-electron chi connectivity index (χ4n) is 1.59. The van der Waals surface area contributed by atoms with Crippen molar-refractivity contribution in [2.45, 2.75) is 11.1 Å². The first-order valence-corrected chi connectivity index (χ1v) is 7.31. The third kappa shape index (κ3) is 4.58. The van der Waals surface area contributed by atoms with Gasteiger partial charge in [-0.05, 0) is 25.2 Å². The SMILES string of the molecule is CNCCN(C)S(=O)(=O)c1ccc(C(F)(F)F)c(C#N)c1.Cl. The molecule has 1 N–H and O–H groups in total. The monoisotopic (exact) mass is 357 g/mol. The van der Waals surface area contributed by atoms with E-state index in [1.54, 1.807) is 7.05 Å². The molecule has 10 heteroatoms. The van der Waals surface area contributed by atoms with E-state index in [0.717, 1.165) is 16.4 Å². The highest BCUT2D eigenvalue weighted by atomic mass is 35.5. The van der Waals surface area contributed by atoms with Crippen LogP contribution in [-0.4, -0.2) is 39.9 Å². The Morgan fingerprint density at radius 1 is 1.36 bits per heavy atom. The van der Waals surface area contributed by atoms with Crippen molar-refractivity contribution in [2.75, 3.05) is 27.2 Å². The lowest BCUT2D eigenvalue weighted by molar-refractivity contribution is -0.137. The van der Waals surface area contributed by atoms with Crippen LogP contribution >= 0.6 is 12.4 Å². The number of hydrogen-bond donors (Lipinski definition) is 1. The number of hydrogen-bond acceptors (Lipinski definition) is 4. The molecule has 0 aromatic heterocycles. The Hall–Kier alpha value is -1.34.